The van der Waals surface area contributed by atoms with E-state index in [1.807, 2.05) is 24.3 Å². The van der Waals surface area contributed by atoms with E-state index in [1.165, 1.54) is 11.1 Å². The summed E-state index contributed by atoms with van der Waals surface area (Å²) in [6.07, 6.45) is 10.4. The molecule has 0 spiro atoms. The van der Waals surface area contributed by atoms with Crippen molar-refractivity contribution in [1.29, 1.82) is 0 Å². The predicted molar refractivity (Wildman–Crippen MR) is 190 cm³/mol. The van der Waals surface area contributed by atoms with Gasteiger partial charge in [-0.1, -0.05) is 85.0 Å². The van der Waals surface area contributed by atoms with Crippen molar-refractivity contribution in [1.82, 2.24) is 0 Å². The first kappa shape index (κ1) is 39.1. The van der Waals surface area contributed by atoms with Crippen molar-refractivity contribution in [3.8, 4) is 5.75 Å². The van der Waals surface area contributed by atoms with Crippen LogP contribution in [0.2, 0.25) is 0 Å². The lowest BCUT2D eigenvalue weighted by atomic mass is 10.1. The van der Waals surface area contributed by atoms with Crippen LogP contribution in [0, 0.1) is 0 Å². The molecule has 9 nitrogen and oxygen atoms in total. The molecule has 3 rings (SSSR count). The Balaban J connectivity index is 1.26. The first-order valence-electron chi connectivity index (χ1n) is 16.7. The van der Waals surface area contributed by atoms with E-state index in [2.05, 4.69) is 72.8 Å². The molecular formula is C39H52O9. The highest BCUT2D eigenvalue weighted by molar-refractivity contribution is 5.73. The second kappa shape index (κ2) is 26.6. The lowest BCUT2D eigenvalue weighted by Gasteiger charge is -2.08. The fourth-order valence-electron chi connectivity index (χ4n) is 4.38. The van der Waals surface area contributed by atoms with E-state index in [-0.39, 0.29) is 13.2 Å². The Labute approximate surface area is 285 Å². The molecule has 0 heterocycles. The summed E-state index contributed by atoms with van der Waals surface area (Å²) in [5.41, 5.74) is 5.85. The summed E-state index contributed by atoms with van der Waals surface area (Å²) >= 11 is 0. The maximum atomic E-state index is 8.65. The predicted octanol–water partition coefficient (Wildman–Crippen LogP) is 5.42. The van der Waals surface area contributed by atoms with Crippen molar-refractivity contribution in [2.75, 3.05) is 99.1 Å². The van der Waals surface area contributed by atoms with Gasteiger partial charge in [-0.25, -0.2) is 0 Å². The van der Waals surface area contributed by atoms with Crippen LogP contribution < -0.4 is 4.74 Å². The Bertz CT molecular complexity index is 1140. The summed E-state index contributed by atoms with van der Waals surface area (Å²) in [6.45, 7) is 6.52. The van der Waals surface area contributed by atoms with Crippen LogP contribution in [-0.4, -0.2) is 109 Å². The molecule has 0 aliphatic rings. The number of aliphatic hydroxyl groups excluding tert-OH is 2. The molecule has 0 bridgehead atoms. The molecule has 0 fully saturated rings. The van der Waals surface area contributed by atoms with Crippen molar-refractivity contribution in [2.45, 2.75) is 12.8 Å². The normalized spacial score (nSPS) is 11.6. The van der Waals surface area contributed by atoms with E-state index < -0.39 is 0 Å². The maximum Gasteiger partial charge on any atom is 0.119 e. The van der Waals surface area contributed by atoms with Gasteiger partial charge in [0.05, 0.1) is 85.9 Å². The van der Waals surface area contributed by atoms with Gasteiger partial charge in [0.15, 0.2) is 0 Å². The number of rotatable bonds is 28. The topological polar surface area (TPSA) is 105 Å². The lowest BCUT2D eigenvalue weighted by Crippen LogP contribution is -2.13. The molecule has 0 saturated carbocycles. The summed E-state index contributed by atoms with van der Waals surface area (Å²) in [5.74, 6) is 0.806. The minimum atomic E-state index is 0.0258. The van der Waals surface area contributed by atoms with Crippen LogP contribution in [0.1, 0.15) is 34.2 Å². The van der Waals surface area contributed by atoms with E-state index in [1.54, 1.807) is 0 Å². The van der Waals surface area contributed by atoms with Crippen LogP contribution in [0.4, 0.5) is 0 Å². The van der Waals surface area contributed by atoms with Crippen LogP contribution >= 0.6 is 0 Å². The average molecular weight is 665 g/mol. The monoisotopic (exact) mass is 664 g/mol. The molecule has 0 radical (unpaired) electrons. The van der Waals surface area contributed by atoms with E-state index in [0.29, 0.717) is 85.9 Å². The molecule has 0 saturated heterocycles. The molecule has 262 valence electrons. The van der Waals surface area contributed by atoms with Gasteiger partial charge in [-0.2, -0.15) is 0 Å². The van der Waals surface area contributed by atoms with Crippen molar-refractivity contribution in [2.24, 2.45) is 0 Å². The zero-order valence-electron chi connectivity index (χ0n) is 28.0. The van der Waals surface area contributed by atoms with Gasteiger partial charge in [0, 0.05) is 6.61 Å². The van der Waals surface area contributed by atoms with Gasteiger partial charge >= 0.3 is 0 Å². The van der Waals surface area contributed by atoms with Crippen molar-refractivity contribution < 1.29 is 43.4 Å². The summed E-state index contributed by atoms with van der Waals surface area (Å²) in [6, 6.07) is 25.1. The van der Waals surface area contributed by atoms with Crippen LogP contribution in [0.15, 0.2) is 72.8 Å². The molecule has 0 amide bonds. The zero-order chi connectivity index (χ0) is 33.7. The van der Waals surface area contributed by atoms with Crippen LogP contribution in [0.25, 0.3) is 24.3 Å². The van der Waals surface area contributed by atoms with E-state index in [0.717, 1.165) is 35.3 Å². The molecule has 3 aromatic rings. The highest BCUT2D eigenvalue weighted by Gasteiger charge is 1.98. The summed E-state index contributed by atoms with van der Waals surface area (Å²) < 4.78 is 38.0. The summed E-state index contributed by atoms with van der Waals surface area (Å²) in [5, 5.41) is 17.3. The first-order valence-corrected chi connectivity index (χ1v) is 16.7. The number of hydrogen-bond acceptors (Lipinski definition) is 9. The highest BCUT2D eigenvalue weighted by atomic mass is 16.6. The Hall–Kier alpha value is -3.38. The number of ether oxygens (including phenoxy) is 7. The maximum absolute atomic E-state index is 8.65. The fourth-order valence-corrected chi connectivity index (χ4v) is 4.38. The molecule has 0 aromatic heterocycles. The standard InChI is InChI=1S/C39H52O9/c40-19-22-43-25-28-45-27-24-42-21-1-2-34-3-5-35(6-4-34)7-8-36-9-11-37(12-10-36)13-14-38-15-17-39(18-16-38)48-33-32-47-31-30-46-29-26-44-23-20-41/h3-18,40-41H,1-2,19-33H2/b8-7+,14-13+. The Kier molecular flexibility index (Phi) is 21.6. The number of benzene rings is 3. The fraction of sp³-hybridized carbons (Fsp3) is 0.436. The van der Waals surface area contributed by atoms with Crippen LogP contribution in [0.3, 0.4) is 0 Å². The molecule has 0 atom stereocenters. The molecule has 0 aliphatic carbocycles. The van der Waals surface area contributed by atoms with E-state index in [9.17, 15) is 0 Å². The van der Waals surface area contributed by atoms with Crippen molar-refractivity contribution >= 4 is 24.3 Å². The number of hydrogen-bond donors (Lipinski definition) is 2. The second-order valence-corrected chi connectivity index (χ2v) is 10.7. The van der Waals surface area contributed by atoms with E-state index in [4.69, 9.17) is 43.4 Å². The largest absolute Gasteiger partial charge is 0.491 e. The highest BCUT2D eigenvalue weighted by Crippen LogP contribution is 2.16. The van der Waals surface area contributed by atoms with Gasteiger partial charge in [-0.3, -0.25) is 0 Å². The van der Waals surface area contributed by atoms with Gasteiger partial charge in [0.1, 0.15) is 12.4 Å². The quantitative estimate of drug-likeness (QED) is 0.0778. The Morgan fingerprint density at radius 3 is 1.12 bits per heavy atom. The molecule has 3 aromatic carbocycles. The Morgan fingerprint density at radius 1 is 0.375 bits per heavy atom. The number of aryl methyl sites for hydroxylation is 1. The SMILES string of the molecule is OCCOCCOCCOCCCc1ccc(/C=C/c2ccc(/C=C/c3ccc(OCCOCCOCCOCCO)cc3)cc2)cc1. The third-order valence-electron chi connectivity index (χ3n) is 6.94. The van der Waals surface area contributed by atoms with Crippen LogP contribution in [-0.2, 0) is 34.8 Å². The minimum Gasteiger partial charge on any atom is -0.491 e. The smallest absolute Gasteiger partial charge is 0.119 e. The summed E-state index contributed by atoms with van der Waals surface area (Å²) in [7, 11) is 0. The van der Waals surface area contributed by atoms with Gasteiger partial charge in [-0.15, -0.1) is 0 Å². The Morgan fingerprint density at radius 2 is 0.708 bits per heavy atom. The molecule has 9 heteroatoms. The zero-order valence-corrected chi connectivity index (χ0v) is 28.0. The van der Waals surface area contributed by atoms with Gasteiger partial charge in [0.25, 0.3) is 0 Å². The van der Waals surface area contributed by atoms with Gasteiger partial charge in [-0.05, 0) is 52.8 Å². The van der Waals surface area contributed by atoms with E-state index >= 15 is 0 Å². The van der Waals surface area contributed by atoms with Gasteiger partial charge < -0.3 is 43.4 Å². The third-order valence-corrected chi connectivity index (χ3v) is 6.94. The third kappa shape index (κ3) is 18.8. The molecular weight excluding hydrogens is 612 g/mol. The second-order valence-electron chi connectivity index (χ2n) is 10.7. The molecule has 0 aliphatic heterocycles. The summed E-state index contributed by atoms with van der Waals surface area (Å²) in [4.78, 5) is 0. The molecule has 2 N–H and O–H groups in total. The van der Waals surface area contributed by atoms with Crippen molar-refractivity contribution in [3.05, 3.63) is 101 Å². The van der Waals surface area contributed by atoms with Crippen molar-refractivity contribution in [3.63, 3.8) is 0 Å². The van der Waals surface area contributed by atoms with Gasteiger partial charge in [0.2, 0.25) is 0 Å². The first-order chi connectivity index (χ1) is 23.8. The lowest BCUT2D eigenvalue weighted by molar-refractivity contribution is 0.00361. The minimum absolute atomic E-state index is 0.0258. The molecule has 48 heavy (non-hydrogen) atoms. The number of aliphatic hydroxyl groups is 2. The average Bonchev–Trinajstić information content (AvgIpc) is 3.12. The molecule has 0 unspecified atom stereocenters. The van der Waals surface area contributed by atoms with Crippen LogP contribution in [0.5, 0.6) is 5.75 Å².